The number of allylic oxidation sites excluding steroid dienone is 1. The molecule has 0 saturated heterocycles. The predicted octanol–water partition coefficient (Wildman–Crippen LogP) is 4.20. The highest BCUT2D eigenvalue weighted by Gasteiger charge is 2.25. The molecule has 0 saturated carbocycles. The molecule has 0 radical (unpaired) electrons. The molecule has 0 fully saturated rings. The average Bonchev–Trinajstić information content (AvgIpc) is 2.78. The molecule has 1 aliphatic heterocycles. The third kappa shape index (κ3) is 6.06. The zero-order valence-corrected chi connectivity index (χ0v) is 18.3. The van der Waals surface area contributed by atoms with E-state index in [0.717, 1.165) is 23.2 Å². The summed E-state index contributed by atoms with van der Waals surface area (Å²) in [5.74, 6) is -0.963. The number of benzene rings is 2. The van der Waals surface area contributed by atoms with Gasteiger partial charge in [-0.3, -0.25) is 14.4 Å². The van der Waals surface area contributed by atoms with E-state index in [-0.39, 0.29) is 43.5 Å². The van der Waals surface area contributed by atoms with Crippen LogP contribution in [0.1, 0.15) is 54.7 Å². The number of anilines is 1. The minimum atomic E-state index is -0.857. The summed E-state index contributed by atoms with van der Waals surface area (Å²) < 4.78 is 0. The van der Waals surface area contributed by atoms with E-state index in [1.807, 2.05) is 41.3 Å². The lowest BCUT2D eigenvalue weighted by atomic mass is 9.86. The summed E-state index contributed by atoms with van der Waals surface area (Å²) in [6.07, 6.45) is 4.29. The van der Waals surface area contributed by atoms with Crippen LogP contribution in [0.5, 0.6) is 0 Å². The summed E-state index contributed by atoms with van der Waals surface area (Å²) in [5, 5.41) is 11.4. The number of aliphatic carboxylic acids is 1. The fraction of sp³-hybridized carbons (Fsp3) is 0.346. The number of nitrogens with zero attached hydrogens (tertiary/aromatic N) is 1. The van der Waals surface area contributed by atoms with Gasteiger partial charge in [0.1, 0.15) is 0 Å². The molecule has 1 heterocycles. The maximum atomic E-state index is 13.2. The van der Waals surface area contributed by atoms with Crippen LogP contribution in [-0.4, -0.2) is 29.4 Å². The van der Waals surface area contributed by atoms with Crippen LogP contribution >= 0.6 is 0 Å². The van der Waals surface area contributed by atoms with Crippen molar-refractivity contribution in [2.75, 3.05) is 11.4 Å². The first-order valence-corrected chi connectivity index (χ1v) is 11.1. The number of carbonyl (C=O) groups is 3. The molecule has 0 bridgehead atoms. The van der Waals surface area contributed by atoms with Gasteiger partial charge in [0, 0.05) is 37.4 Å². The summed E-state index contributed by atoms with van der Waals surface area (Å²) in [7, 11) is 0. The Hall–Kier alpha value is -3.41. The molecule has 0 aromatic heterocycles. The van der Waals surface area contributed by atoms with Gasteiger partial charge in [0.05, 0.1) is 6.54 Å². The zero-order chi connectivity index (χ0) is 22.9. The fourth-order valence-corrected chi connectivity index (χ4v) is 4.09. The number of unbranched alkanes of at least 4 members (excludes halogenated alkanes) is 1. The Bertz CT molecular complexity index is 985. The van der Waals surface area contributed by atoms with Crippen molar-refractivity contribution < 1.29 is 19.5 Å². The van der Waals surface area contributed by atoms with Crippen molar-refractivity contribution in [3.05, 3.63) is 77.9 Å². The van der Waals surface area contributed by atoms with E-state index in [1.165, 1.54) is 5.56 Å². The second-order valence-corrected chi connectivity index (χ2v) is 8.05. The van der Waals surface area contributed by atoms with Gasteiger partial charge in [0.25, 0.3) is 0 Å². The van der Waals surface area contributed by atoms with Gasteiger partial charge in [0.2, 0.25) is 11.8 Å². The minimum Gasteiger partial charge on any atom is -0.481 e. The molecule has 2 amide bonds. The van der Waals surface area contributed by atoms with Crippen molar-refractivity contribution in [1.82, 2.24) is 5.32 Å². The normalized spacial score (nSPS) is 15.0. The number of para-hydroxylation sites is 1. The van der Waals surface area contributed by atoms with Gasteiger partial charge in [-0.1, -0.05) is 48.5 Å². The van der Waals surface area contributed by atoms with E-state index in [0.29, 0.717) is 19.4 Å². The van der Waals surface area contributed by atoms with Crippen molar-refractivity contribution in [2.24, 2.45) is 0 Å². The molecule has 32 heavy (non-hydrogen) atoms. The first kappa shape index (κ1) is 23.3. The lowest BCUT2D eigenvalue weighted by Gasteiger charge is -2.31. The third-order valence-electron chi connectivity index (χ3n) is 5.80. The summed E-state index contributed by atoms with van der Waals surface area (Å²) in [6, 6.07) is 16.1. The van der Waals surface area contributed by atoms with Gasteiger partial charge < -0.3 is 15.3 Å². The molecule has 3 rings (SSSR count). The Labute approximate surface area is 188 Å². The topological polar surface area (TPSA) is 86.7 Å². The highest BCUT2D eigenvalue weighted by Crippen LogP contribution is 2.35. The molecule has 0 aliphatic carbocycles. The molecular formula is C26H30N2O4. The first-order chi connectivity index (χ1) is 15.5. The van der Waals surface area contributed by atoms with Crippen LogP contribution < -0.4 is 10.2 Å². The molecule has 168 valence electrons. The smallest absolute Gasteiger partial charge is 0.303 e. The summed E-state index contributed by atoms with van der Waals surface area (Å²) in [5.41, 5.74) is 4.29. The number of carbonyl (C=O) groups excluding carboxylic acids is 2. The number of hydrogen-bond donors (Lipinski definition) is 2. The van der Waals surface area contributed by atoms with Gasteiger partial charge in [-0.2, -0.15) is 0 Å². The Morgan fingerprint density at radius 2 is 1.69 bits per heavy atom. The first-order valence-electron chi connectivity index (χ1n) is 11.1. The number of carboxylic acid groups (broad SMARTS) is 1. The van der Waals surface area contributed by atoms with Crippen LogP contribution in [0.15, 0.2) is 61.2 Å². The molecular weight excluding hydrogens is 404 g/mol. The second-order valence-electron chi connectivity index (χ2n) is 8.05. The molecule has 2 aromatic rings. The molecule has 1 atom stereocenters. The largest absolute Gasteiger partial charge is 0.481 e. The standard InChI is InChI=1S/C26H30N2O4/c1-2-19-17-20-9-3-4-10-21(20)18-28(23-12-6-5-11-22(19)23)25(30)15-16-27-24(29)13-7-8-14-26(31)32/h2-6,9-12,19H,1,7-8,13-18H2,(H,27,29)(H,31,32). The molecule has 6 nitrogen and oxygen atoms in total. The predicted molar refractivity (Wildman–Crippen MR) is 124 cm³/mol. The van der Waals surface area contributed by atoms with E-state index in [2.05, 4.69) is 30.1 Å². The van der Waals surface area contributed by atoms with Crippen LogP contribution in [0.2, 0.25) is 0 Å². The van der Waals surface area contributed by atoms with Crippen molar-refractivity contribution in [2.45, 2.75) is 51.0 Å². The van der Waals surface area contributed by atoms with E-state index in [1.54, 1.807) is 0 Å². The van der Waals surface area contributed by atoms with Crippen LogP contribution in [0.3, 0.4) is 0 Å². The zero-order valence-electron chi connectivity index (χ0n) is 18.3. The van der Waals surface area contributed by atoms with Crippen LogP contribution in [0.4, 0.5) is 5.69 Å². The molecule has 1 unspecified atom stereocenters. The lowest BCUT2D eigenvalue weighted by Crippen LogP contribution is -2.36. The molecule has 6 heteroatoms. The van der Waals surface area contributed by atoms with Crippen molar-refractivity contribution in [1.29, 1.82) is 0 Å². The molecule has 1 aliphatic rings. The highest BCUT2D eigenvalue weighted by molar-refractivity contribution is 5.94. The number of fused-ring (bicyclic) bond motifs is 2. The fourth-order valence-electron chi connectivity index (χ4n) is 4.09. The Morgan fingerprint density at radius 1 is 1.00 bits per heavy atom. The van der Waals surface area contributed by atoms with E-state index < -0.39 is 5.97 Å². The SMILES string of the molecule is C=CC1Cc2ccccc2CN(C(=O)CCNC(=O)CCCCC(=O)O)c2ccccc21. The maximum Gasteiger partial charge on any atom is 0.303 e. The van der Waals surface area contributed by atoms with Crippen molar-refractivity contribution in [3.8, 4) is 0 Å². The average molecular weight is 435 g/mol. The van der Waals surface area contributed by atoms with Crippen LogP contribution in [0.25, 0.3) is 0 Å². The van der Waals surface area contributed by atoms with Gasteiger partial charge in [0.15, 0.2) is 0 Å². The number of hydrogen-bond acceptors (Lipinski definition) is 3. The lowest BCUT2D eigenvalue weighted by molar-refractivity contribution is -0.137. The number of amides is 2. The van der Waals surface area contributed by atoms with Crippen LogP contribution in [-0.2, 0) is 27.3 Å². The summed E-state index contributed by atoms with van der Waals surface area (Å²) in [4.78, 5) is 37.6. The Balaban J connectivity index is 1.68. The monoisotopic (exact) mass is 434 g/mol. The van der Waals surface area contributed by atoms with Gasteiger partial charge in [-0.25, -0.2) is 0 Å². The van der Waals surface area contributed by atoms with E-state index >= 15 is 0 Å². The highest BCUT2D eigenvalue weighted by atomic mass is 16.4. The Kier molecular flexibility index (Phi) is 8.20. The van der Waals surface area contributed by atoms with E-state index in [4.69, 9.17) is 5.11 Å². The quantitative estimate of drug-likeness (QED) is 0.458. The van der Waals surface area contributed by atoms with Gasteiger partial charge in [-0.05, 0) is 42.0 Å². The summed E-state index contributed by atoms with van der Waals surface area (Å²) in [6.45, 7) is 4.76. The minimum absolute atomic E-state index is 0.0526. The van der Waals surface area contributed by atoms with E-state index in [9.17, 15) is 14.4 Å². The Morgan fingerprint density at radius 3 is 2.44 bits per heavy atom. The second kappa shape index (κ2) is 11.3. The van der Waals surface area contributed by atoms with Gasteiger partial charge >= 0.3 is 5.97 Å². The third-order valence-corrected chi connectivity index (χ3v) is 5.80. The van der Waals surface area contributed by atoms with Crippen LogP contribution in [0, 0.1) is 0 Å². The molecule has 2 aromatic carbocycles. The molecule has 0 spiro atoms. The summed E-state index contributed by atoms with van der Waals surface area (Å²) >= 11 is 0. The van der Waals surface area contributed by atoms with Crippen molar-refractivity contribution >= 4 is 23.5 Å². The maximum absolute atomic E-state index is 13.2. The molecule has 2 N–H and O–H groups in total. The number of rotatable bonds is 9. The number of nitrogens with one attached hydrogen (secondary N) is 1. The van der Waals surface area contributed by atoms with Gasteiger partial charge in [-0.15, -0.1) is 6.58 Å². The van der Waals surface area contributed by atoms with Crippen molar-refractivity contribution in [3.63, 3.8) is 0 Å². The number of carboxylic acids is 1.